The zero-order valence-corrected chi connectivity index (χ0v) is 29.8. The molecule has 248 valence electrons. The van der Waals surface area contributed by atoms with Gasteiger partial charge in [0.25, 0.3) is 5.91 Å². The lowest BCUT2D eigenvalue weighted by Crippen LogP contribution is -3.00. The van der Waals surface area contributed by atoms with Gasteiger partial charge in [-0.15, -0.1) is 0 Å². The van der Waals surface area contributed by atoms with Crippen molar-refractivity contribution in [1.82, 2.24) is 0 Å². The molecule has 3 aromatic carbocycles. The van der Waals surface area contributed by atoms with Gasteiger partial charge in [-0.2, -0.15) is 0 Å². The minimum absolute atomic E-state index is 0. The number of benzene rings is 3. The van der Waals surface area contributed by atoms with E-state index in [1.807, 2.05) is 61.2 Å². The maximum Gasteiger partial charge on any atom is 0.255 e. The number of halogens is 2. The molecular weight excluding hydrogens is 736 g/mol. The summed E-state index contributed by atoms with van der Waals surface area (Å²) >= 11 is 0. The summed E-state index contributed by atoms with van der Waals surface area (Å²) in [6.45, 7) is 5.95. The fourth-order valence-corrected chi connectivity index (χ4v) is 4.63. The number of aromatic nitrogens is 2. The van der Waals surface area contributed by atoms with Crippen LogP contribution < -0.4 is 75.8 Å². The van der Waals surface area contributed by atoms with Crippen LogP contribution in [-0.2, 0) is 17.9 Å². The molecule has 5 aromatic rings. The predicted octanol–water partition coefficient (Wildman–Crippen LogP) is -0.135. The predicted molar refractivity (Wildman–Crippen MR) is 185 cm³/mol. The zero-order valence-electron chi connectivity index (χ0n) is 26.6. The maximum absolute atomic E-state index is 12.9. The Morgan fingerprint density at radius 1 is 0.625 bits per heavy atom. The fourth-order valence-electron chi connectivity index (χ4n) is 4.63. The number of nitrogens with one attached hydrogen (secondary N) is 4. The van der Waals surface area contributed by atoms with Gasteiger partial charge in [-0.05, 0) is 74.0 Å². The summed E-state index contributed by atoms with van der Waals surface area (Å²) < 4.78 is 4.13. The smallest absolute Gasteiger partial charge is 0.255 e. The molecule has 0 aliphatic carbocycles. The third kappa shape index (κ3) is 10.1. The van der Waals surface area contributed by atoms with Crippen molar-refractivity contribution in [2.75, 3.05) is 32.7 Å². The molecule has 0 spiro atoms. The van der Waals surface area contributed by atoms with E-state index in [1.165, 1.54) is 6.08 Å². The number of hydrogen-bond donors (Lipinski definition) is 6. The molecule has 0 aliphatic heterocycles. The number of nitrogens with two attached hydrogens (primary N) is 2. The van der Waals surface area contributed by atoms with E-state index >= 15 is 0 Å². The van der Waals surface area contributed by atoms with E-state index in [4.69, 9.17) is 11.5 Å². The number of rotatable bonds is 11. The number of carbonyl (C=O) groups is 2. The minimum atomic E-state index is -0.304. The Labute approximate surface area is 301 Å². The highest BCUT2D eigenvalue weighted by molar-refractivity contribution is 6.05. The van der Waals surface area contributed by atoms with Gasteiger partial charge in [0.15, 0.2) is 24.8 Å². The van der Waals surface area contributed by atoms with Gasteiger partial charge in [0, 0.05) is 47.3 Å². The van der Waals surface area contributed by atoms with Crippen LogP contribution in [0.15, 0.2) is 116 Å². The summed E-state index contributed by atoms with van der Waals surface area (Å²) in [6.07, 6.45) is 11.1. The van der Waals surface area contributed by atoms with E-state index < -0.39 is 0 Å². The molecule has 0 saturated heterocycles. The number of aryl methyl sites for hydroxylation is 2. The molecule has 10 nitrogen and oxygen atoms in total. The van der Waals surface area contributed by atoms with Crippen molar-refractivity contribution in [2.24, 2.45) is 0 Å². The van der Waals surface area contributed by atoms with E-state index in [2.05, 4.69) is 44.2 Å². The standard InChI is InChI=1S/C36H36N8O2.2BrH/c1-3-43-19-15-27(16-20-43)39-33-12-10-29(23-31(33)37)41-35(45)14-7-25-5-8-26(9-6-25)36(46)42-30-11-13-34(32(38)24-30)40-28-17-21-44(4-2)22-18-28;;/h5-24H,3-4,37-38H2,1-2H3,(H2,41,42,45,46);2*1H/b14-7+;;. The van der Waals surface area contributed by atoms with Crippen LogP contribution in [-0.4, -0.2) is 11.8 Å². The van der Waals surface area contributed by atoms with Gasteiger partial charge in [0.2, 0.25) is 5.91 Å². The van der Waals surface area contributed by atoms with Gasteiger partial charge < -0.3 is 66.7 Å². The monoisotopic (exact) mass is 772 g/mol. The Hall–Kier alpha value is -5.20. The lowest BCUT2D eigenvalue weighted by Gasteiger charge is -2.12. The van der Waals surface area contributed by atoms with E-state index in [0.29, 0.717) is 28.3 Å². The van der Waals surface area contributed by atoms with Crippen LogP contribution in [0.3, 0.4) is 0 Å². The molecule has 5 rings (SSSR count). The van der Waals surface area contributed by atoms with Crippen molar-refractivity contribution >= 4 is 63.4 Å². The molecule has 0 fully saturated rings. The number of nitrogens with zero attached hydrogens (tertiary/aromatic N) is 2. The highest BCUT2D eigenvalue weighted by atomic mass is 79.9. The van der Waals surface area contributed by atoms with Gasteiger partial charge in [0.1, 0.15) is 13.1 Å². The van der Waals surface area contributed by atoms with Crippen molar-refractivity contribution in [3.63, 3.8) is 0 Å². The van der Waals surface area contributed by atoms with Gasteiger partial charge in [0.05, 0.1) is 34.1 Å². The van der Waals surface area contributed by atoms with Crippen LogP contribution in [0.2, 0.25) is 0 Å². The normalized spacial score (nSPS) is 10.4. The number of amides is 2. The molecule has 0 saturated carbocycles. The van der Waals surface area contributed by atoms with Crippen molar-refractivity contribution in [3.05, 3.63) is 127 Å². The van der Waals surface area contributed by atoms with Crippen LogP contribution in [0.1, 0.15) is 29.8 Å². The van der Waals surface area contributed by atoms with Crippen molar-refractivity contribution < 1.29 is 52.7 Å². The Kier molecular flexibility index (Phi) is 13.7. The molecule has 0 atom stereocenters. The highest BCUT2D eigenvalue weighted by Crippen LogP contribution is 2.27. The second kappa shape index (κ2) is 17.6. The van der Waals surface area contributed by atoms with E-state index in [1.54, 1.807) is 54.6 Å². The topological polar surface area (TPSA) is 142 Å². The van der Waals surface area contributed by atoms with Crippen LogP contribution >= 0.6 is 0 Å². The molecule has 12 heteroatoms. The van der Waals surface area contributed by atoms with Crippen molar-refractivity contribution in [2.45, 2.75) is 26.9 Å². The zero-order chi connectivity index (χ0) is 32.5. The van der Waals surface area contributed by atoms with Crippen LogP contribution in [0.5, 0.6) is 0 Å². The quantitative estimate of drug-likeness (QED) is 0.0628. The van der Waals surface area contributed by atoms with Crippen molar-refractivity contribution in [1.29, 1.82) is 0 Å². The molecule has 48 heavy (non-hydrogen) atoms. The third-order valence-electron chi connectivity index (χ3n) is 7.30. The number of nitrogen functional groups attached to an aromatic ring is 2. The average Bonchev–Trinajstić information content (AvgIpc) is 3.07. The van der Waals surface area contributed by atoms with Gasteiger partial charge in [-0.1, -0.05) is 12.1 Å². The van der Waals surface area contributed by atoms with E-state index in [0.717, 1.165) is 41.4 Å². The highest BCUT2D eigenvalue weighted by Gasteiger charge is 2.09. The summed E-state index contributed by atoms with van der Waals surface area (Å²) in [5, 5.41) is 12.3. The third-order valence-corrected chi connectivity index (χ3v) is 7.30. The fraction of sp³-hybridized carbons (Fsp3) is 0.111. The first kappa shape index (κ1) is 37.3. The van der Waals surface area contributed by atoms with Gasteiger partial charge in [-0.25, -0.2) is 9.13 Å². The Morgan fingerprint density at radius 2 is 1.08 bits per heavy atom. The average molecular weight is 775 g/mol. The number of anilines is 8. The number of pyridine rings is 2. The molecule has 8 N–H and O–H groups in total. The molecule has 2 heterocycles. The summed E-state index contributed by atoms with van der Waals surface area (Å²) in [6, 6.07) is 25.5. The molecule has 0 aliphatic rings. The minimum Gasteiger partial charge on any atom is -1.00 e. The molecule has 0 radical (unpaired) electrons. The summed E-state index contributed by atoms with van der Waals surface area (Å²) in [5.74, 6) is -0.575. The molecule has 2 aromatic heterocycles. The summed E-state index contributed by atoms with van der Waals surface area (Å²) in [7, 11) is 0. The lowest BCUT2D eigenvalue weighted by molar-refractivity contribution is -0.693. The van der Waals surface area contributed by atoms with E-state index in [9.17, 15) is 9.59 Å². The van der Waals surface area contributed by atoms with Crippen LogP contribution in [0, 0.1) is 0 Å². The first-order valence-electron chi connectivity index (χ1n) is 15.0. The Balaban J connectivity index is 0.00000312. The number of carbonyl (C=O) groups excluding carboxylic acids is 2. The second-order valence-electron chi connectivity index (χ2n) is 10.6. The summed E-state index contributed by atoms with van der Waals surface area (Å²) in [4.78, 5) is 25.4. The van der Waals surface area contributed by atoms with Gasteiger partial charge in [-0.3, -0.25) is 9.59 Å². The molecular formula is C36H38Br2N8O2. The first-order chi connectivity index (χ1) is 22.3. The Morgan fingerprint density at radius 3 is 1.52 bits per heavy atom. The molecule has 0 bridgehead atoms. The maximum atomic E-state index is 12.9. The Bertz CT molecular complexity index is 1860. The lowest BCUT2D eigenvalue weighted by atomic mass is 10.1. The number of hydrogen-bond acceptors (Lipinski definition) is 6. The SMILES string of the molecule is CC[n+]1ccc(Nc2ccc(NC(=O)/C=C/c3ccc(C(=O)Nc4ccc(Nc5cc[n+](CC)cc5)c(N)c4)cc3)cc2N)cc1.[Br-].[Br-]. The van der Waals surface area contributed by atoms with Crippen molar-refractivity contribution in [3.8, 4) is 0 Å². The van der Waals surface area contributed by atoms with E-state index in [-0.39, 0.29) is 45.8 Å². The van der Waals surface area contributed by atoms with Gasteiger partial charge >= 0.3 is 0 Å². The van der Waals surface area contributed by atoms with Crippen LogP contribution in [0.25, 0.3) is 6.08 Å². The first-order valence-corrected chi connectivity index (χ1v) is 15.0. The molecule has 2 amide bonds. The van der Waals surface area contributed by atoms with Crippen LogP contribution in [0.4, 0.5) is 45.5 Å². The largest absolute Gasteiger partial charge is 1.00 e. The second-order valence-corrected chi connectivity index (χ2v) is 10.6. The summed E-state index contributed by atoms with van der Waals surface area (Å²) in [5.41, 5.74) is 19.2. The molecule has 0 unspecified atom stereocenters.